The van der Waals surface area contributed by atoms with Crippen LogP contribution >= 0.6 is 11.8 Å². The molecule has 7 nitrogen and oxygen atoms in total. The fourth-order valence-electron chi connectivity index (χ4n) is 3.56. The third-order valence-corrected chi connectivity index (χ3v) is 6.43. The highest BCUT2D eigenvalue weighted by atomic mass is 32.2. The van der Waals surface area contributed by atoms with Crippen LogP contribution in [-0.4, -0.2) is 37.4 Å². The highest BCUT2D eigenvalue weighted by molar-refractivity contribution is 8.00. The van der Waals surface area contributed by atoms with Crippen LogP contribution in [0, 0.1) is 0 Å². The standard InChI is InChI=1S/C20H25N5O2S/c1-5-24-16(13-10-11-13)22-23-19(24)28-12(2)17(26)25-15-9-7-6-8-14(15)21-18(27)20(25,3)4/h6-9,12-13H,5,10-11H2,1-4H3,(H,21,27)/t12-/m0/s1. The van der Waals surface area contributed by atoms with Crippen LogP contribution in [0.25, 0.3) is 0 Å². The van der Waals surface area contributed by atoms with Crippen LogP contribution < -0.4 is 10.2 Å². The highest BCUT2D eigenvalue weighted by Crippen LogP contribution is 2.41. The Morgan fingerprint density at radius 3 is 2.71 bits per heavy atom. The molecular formula is C20H25N5O2S. The van der Waals surface area contributed by atoms with E-state index < -0.39 is 10.8 Å². The maximum absolute atomic E-state index is 13.4. The SMILES string of the molecule is CCn1c(S[C@@H](C)C(=O)N2c3ccccc3NC(=O)C2(C)C)nnc1C1CC1. The normalized spacial score (nSPS) is 19.1. The van der Waals surface area contributed by atoms with Crippen molar-refractivity contribution in [3.05, 3.63) is 30.1 Å². The number of anilines is 2. The van der Waals surface area contributed by atoms with Gasteiger partial charge in [0.2, 0.25) is 11.8 Å². The predicted octanol–water partition coefficient (Wildman–Crippen LogP) is 3.42. The van der Waals surface area contributed by atoms with Crippen molar-refractivity contribution in [2.24, 2.45) is 0 Å². The molecule has 1 aromatic carbocycles. The molecule has 4 rings (SSSR count). The van der Waals surface area contributed by atoms with Crippen molar-refractivity contribution < 1.29 is 9.59 Å². The zero-order valence-corrected chi connectivity index (χ0v) is 17.4. The first-order chi connectivity index (χ1) is 13.3. The van der Waals surface area contributed by atoms with E-state index in [4.69, 9.17) is 0 Å². The van der Waals surface area contributed by atoms with Crippen LogP contribution in [-0.2, 0) is 16.1 Å². The summed E-state index contributed by atoms with van der Waals surface area (Å²) in [5.74, 6) is 1.22. The Balaban J connectivity index is 1.62. The van der Waals surface area contributed by atoms with Gasteiger partial charge < -0.3 is 9.88 Å². The number of fused-ring (bicyclic) bond motifs is 1. The van der Waals surface area contributed by atoms with Crippen molar-refractivity contribution in [3.63, 3.8) is 0 Å². The highest BCUT2D eigenvalue weighted by Gasteiger charge is 2.45. The van der Waals surface area contributed by atoms with Crippen molar-refractivity contribution >= 4 is 35.0 Å². The zero-order chi connectivity index (χ0) is 20.1. The van der Waals surface area contributed by atoms with Gasteiger partial charge in [-0.3, -0.25) is 14.5 Å². The van der Waals surface area contributed by atoms with Gasteiger partial charge in [0.25, 0.3) is 0 Å². The van der Waals surface area contributed by atoms with Gasteiger partial charge in [0, 0.05) is 12.5 Å². The molecule has 1 fully saturated rings. The van der Waals surface area contributed by atoms with Crippen LogP contribution in [0.15, 0.2) is 29.4 Å². The second kappa shape index (κ2) is 6.92. The molecular weight excluding hydrogens is 374 g/mol. The lowest BCUT2D eigenvalue weighted by atomic mass is 9.96. The van der Waals surface area contributed by atoms with E-state index in [0.29, 0.717) is 11.6 Å². The Hall–Kier alpha value is -2.35. The molecule has 1 aliphatic carbocycles. The Bertz CT molecular complexity index is 934. The number of rotatable bonds is 5. The molecule has 2 aromatic rings. The maximum atomic E-state index is 13.4. The molecule has 0 spiro atoms. The molecule has 0 unspecified atom stereocenters. The number of para-hydroxylation sites is 2. The third-order valence-electron chi connectivity index (χ3n) is 5.36. The first-order valence-electron chi connectivity index (χ1n) is 9.69. The van der Waals surface area contributed by atoms with E-state index >= 15 is 0 Å². The van der Waals surface area contributed by atoms with E-state index in [-0.39, 0.29) is 11.8 Å². The number of benzene rings is 1. The third kappa shape index (κ3) is 3.09. The van der Waals surface area contributed by atoms with Crippen molar-refractivity contribution in [1.29, 1.82) is 0 Å². The average Bonchev–Trinajstić information content (AvgIpc) is 3.43. The van der Waals surface area contributed by atoms with Gasteiger partial charge in [-0.25, -0.2) is 0 Å². The average molecular weight is 400 g/mol. The summed E-state index contributed by atoms with van der Waals surface area (Å²) in [6.45, 7) is 8.26. The van der Waals surface area contributed by atoms with Gasteiger partial charge in [-0.05, 0) is 52.7 Å². The summed E-state index contributed by atoms with van der Waals surface area (Å²) in [5.41, 5.74) is 0.406. The molecule has 148 valence electrons. The van der Waals surface area contributed by atoms with Crippen LogP contribution in [0.5, 0.6) is 0 Å². The number of nitrogens with zero attached hydrogens (tertiary/aromatic N) is 4. The molecule has 0 saturated heterocycles. The Kier molecular flexibility index (Phi) is 4.69. The fourth-order valence-corrected chi connectivity index (χ4v) is 4.53. The van der Waals surface area contributed by atoms with Gasteiger partial charge in [0.05, 0.1) is 16.6 Å². The van der Waals surface area contributed by atoms with Crippen LogP contribution in [0.3, 0.4) is 0 Å². The molecule has 0 radical (unpaired) electrons. The lowest BCUT2D eigenvalue weighted by molar-refractivity contribution is -0.126. The number of thioether (sulfide) groups is 1. The number of carbonyl (C=O) groups is 2. The predicted molar refractivity (Wildman–Crippen MR) is 110 cm³/mol. The van der Waals surface area contributed by atoms with E-state index in [1.165, 1.54) is 11.8 Å². The molecule has 0 bridgehead atoms. The van der Waals surface area contributed by atoms with Gasteiger partial charge in [-0.2, -0.15) is 0 Å². The van der Waals surface area contributed by atoms with Crippen molar-refractivity contribution in [1.82, 2.24) is 14.8 Å². The molecule has 2 aliphatic rings. The summed E-state index contributed by atoms with van der Waals surface area (Å²) < 4.78 is 2.11. The topological polar surface area (TPSA) is 80.1 Å². The number of carbonyl (C=O) groups excluding carboxylic acids is 2. The Morgan fingerprint density at radius 1 is 1.32 bits per heavy atom. The van der Waals surface area contributed by atoms with Crippen LogP contribution in [0.2, 0.25) is 0 Å². The summed E-state index contributed by atoms with van der Waals surface area (Å²) in [6.07, 6.45) is 2.32. The summed E-state index contributed by atoms with van der Waals surface area (Å²) >= 11 is 1.41. The van der Waals surface area contributed by atoms with E-state index in [0.717, 1.165) is 36.1 Å². The molecule has 2 heterocycles. The molecule has 28 heavy (non-hydrogen) atoms. The Labute approximate surface area is 168 Å². The second-order valence-electron chi connectivity index (χ2n) is 7.82. The largest absolute Gasteiger partial charge is 0.322 e. The molecule has 1 atom stereocenters. The lowest BCUT2D eigenvalue weighted by Crippen LogP contribution is -2.60. The van der Waals surface area contributed by atoms with Crippen molar-refractivity contribution in [2.75, 3.05) is 10.2 Å². The Morgan fingerprint density at radius 2 is 2.04 bits per heavy atom. The zero-order valence-electron chi connectivity index (χ0n) is 16.6. The van der Waals surface area contributed by atoms with Crippen LogP contribution in [0.4, 0.5) is 11.4 Å². The van der Waals surface area contributed by atoms with Crippen LogP contribution in [0.1, 0.15) is 52.3 Å². The summed E-state index contributed by atoms with van der Waals surface area (Å²) in [6, 6.07) is 7.41. The first-order valence-corrected chi connectivity index (χ1v) is 10.6. The minimum absolute atomic E-state index is 0.115. The van der Waals surface area contributed by atoms with E-state index in [2.05, 4.69) is 27.0 Å². The quantitative estimate of drug-likeness (QED) is 0.779. The lowest BCUT2D eigenvalue weighted by Gasteiger charge is -2.43. The van der Waals surface area contributed by atoms with Crippen molar-refractivity contribution in [3.8, 4) is 0 Å². The number of nitrogens with one attached hydrogen (secondary N) is 1. The summed E-state index contributed by atoms with van der Waals surface area (Å²) in [5, 5.41) is 11.9. The summed E-state index contributed by atoms with van der Waals surface area (Å²) in [4.78, 5) is 27.7. The summed E-state index contributed by atoms with van der Waals surface area (Å²) in [7, 11) is 0. The molecule has 2 amide bonds. The molecule has 1 saturated carbocycles. The number of aromatic nitrogens is 3. The monoisotopic (exact) mass is 399 g/mol. The van der Waals surface area contributed by atoms with E-state index in [1.54, 1.807) is 18.7 Å². The maximum Gasteiger partial charge on any atom is 0.250 e. The number of hydrogen-bond acceptors (Lipinski definition) is 5. The first kappa shape index (κ1) is 19.0. The van der Waals surface area contributed by atoms with E-state index in [9.17, 15) is 9.59 Å². The fraction of sp³-hybridized carbons (Fsp3) is 0.500. The van der Waals surface area contributed by atoms with E-state index in [1.807, 2.05) is 31.2 Å². The van der Waals surface area contributed by atoms with Gasteiger partial charge >= 0.3 is 0 Å². The van der Waals surface area contributed by atoms with Gasteiger partial charge in [-0.1, -0.05) is 23.9 Å². The molecule has 1 aromatic heterocycles. The minimum Gasteiger partial charge on any atom is -0.322 e. The minimum atomic E-state index is -0.974. The number of hydrogen-bond donors (Lipinski definition) is 1. The van der Waals surface area contributed by atoms with Crippen molar-refractivity contribution in [2.45, 2.75) is 68.9 Å². The molecule has 8 heteroatoms. The molecule has 1 N–H and O–H groups in total. The smallest absolute Gasteiger partial charge is 0.250 e. The van der Waals surface area contributed by atoms with Gasteiger partial charge in [0.1, 0.15) is 11.4 Å². The van der Waals surface area contributed by atoms with Gasteiger partial charge in [0.15, 0.2) is 5.16 Å². The second-order valence-corrected chi connectivity index (χ2v) is 9.13. The van der Waals surface area contributed by atoms with Gasteiger partial charge in [-0.15, -0.1) is 10.2 Å². The molecule has 1 aliphatic heterocycles. The number of amides is 2.